The van der Waals surface area contributed by atoms with E-state index in [1.165, 1.54) is 25.0 Å². The summed E-state index contributed by atoms with van der Waals surface area (Å²) < 4.78 is 25.0. The highest BCUT2D eigenvalue weighted by atomic mass is 19.1. The SMILES string of the molecule is COC(=O)[C@@H](N)Cc1ccc(C#CCCC(=O)N2CCN(c3ccc(N4C[C@H](CNC(C)=O)OC4=O)cc3F)CC2)cc1. The second kappa shape index (κ2) is 14.5. The average molecular weight is 594 g/mol. The molecule has 12 heteroatoms. The number of esters is 1. The number of cyclic esters (lactones) is 1. The zero-order chi connectivity index (χ0) is 30.9. The van der Waals surface area contributed by atoms with E-state index in [4.69, 9.17) is 10.5 Å². The van der Waals surface area contributed by atoms with Crippen LogP contribution >= 0.6 is 0 Å². The van der Waals surface area contributed by atoms with Gasteiger partial charge in [-0.3, -0.25) is 19.3 Å². The fraction of sp³-hybridized carbons (Fsp3) is 0.419. The number of amides is 3. The van der Waals surface area contributed by atoms with Gasteiger partial charge in [-0.25, -0.2) is 9.18 Å². The summed E-state index contributed by atoms with van der Waals surface area (Å²) in [5.41, 5.74) is 8.28. The van der Waals surface area contributed by atoms with E-state index in [0.717, 1.165) is 11.1 Å². The van der Waals surface area contributed by atoms with E-state index in [2.05, 4.69) is 21.9 Å². The van der Waals surface area contributed by atoms with Crippen LogP contribution in [0.4, 0.5) is 20.6 Å². The molecule has 0 saturated carbocycles. The lowest BCUT2D eigenvalue weighted by Crippen LogP contribution is -2.49. The number of nitrogens with one attached hydrogen (secondary N) is 1. The van der Waals surface area contributed by atoms with Crippen molar-refractivity contribution < 1.29 is 33.0 Å². The lowest BCUT2D eigenvalue weighted by Gasteiger charge is -2.36. The number of rotatable bonds is 9. The number of hydrogen-bond donors (Lipinski definition) is 2. The van der Waals surface area contributed by atoms with Gasteiger partial charge in [-0.15, -0.1) is 0 Å². The van der Waals surface area contributed by atoms with Crippen molar-refractivity contribution in [1.82, 2.24) is 10.2 Å². The van der Waals surface area contributed by atoms with E-state index < -0.39 is 30.0 Å². The van der Waals surface area contributed by atoms with Crippen molar-refractivity contribution in [3.63, 3.8) is 0 Å². The first-order valence-electron chi connectivity index (χ1n) is 14.1. The number of piperazine rings is 1. The Kier molecular flexibility index (Phi) is 10.6. The highest BCUT2D eigenvalue weighted by Crippen LogP contribution is 2.28. The lowest BCUT2D eigenvalue weighted by atomic mass is 10.0. The molecule has 11 nitrogen and oxygen atoms in total. The normalized spacial score (nSPS) is 17.1. The van der Waals surface area contributed by atoms with Gasteiger partial charge in [-0.1, -0.05) is 24.0 Å². The minimum absolute atomic E-state index is 0.00159. The van der Waals surface area contributed by atoms with Crippen molar-refractivity contribution in [2.24, 2.45) is 5.73 Å². The summed E-state index contributed by atoms with van der Waals surface area (Å²) in [4.78, 5) is 52.6. The molecule has 0 radical (unpaired) electrons. The van der Waals surface area contributed by atoms with Gasteiger partial charge in [-0.2, -0.15) is 0 Å². The van der Waals surface area contributed by atoms with Crippen molar-refractivity contribution in [2.45, 2.75) is 38.3 Å². The highest BCUT2D eigenvalue weighted by Gasteiger charge is 2.33. The number of methoxy groups -OCH3 is 1. The number of carbonyl (C=O) groups is 4. The van der Waals surface area contributed by atoms with Crippen molar-refractivity contribution in [1.29, 1.82) is 0 Å². The van der Waals surface area contributed by atoms with Crippen molar-refractivity contribution in [3.05, 3.63) is 59.4 Å². The first-order chi connectivity index (χ1) is 20.6. The predicted octanol–water partition coefficient (Wildman–Crippen LogP) is 1.81. The van der Waals surface area contributed by atoms with Crippen LogP contribution in [-0.2, 0) is 30.3 Å². The molecule has 0 aliphatic carbocycles. The standard InChI is InChI=1S/C31H36FN5O6/c1-21(38)34-19-25-20-37(31(41)43-25)24-11-12-28(26(32)18-24)35-13-15-36(16-14-35)29(39)6-4-3-5-22-7-9-23(10-8-22)17-27(33)30(40)42-2/h7-12,18,25,27H,4,6,13-17,19-20,33H2,1-2H3,(H,34,38)/t25-,27-/m0/s1. The first-order valence-corrected chi connectivity index (χ1v) is 14.1. The van der Waals surface area contributed by atoms with Crippen LogP contribution in [0.3, 0.4) is 0 Å². The minimum atomic E-state index is -0.714. The van der Waals surface area contributed by atoms with Gasteiger partial charge in [-0.05, 0) is 42.3 Å². The van der Waals surface area contributed by atoms with Crippen LogP contribution in [-0.4, -0.2) is 87.3 Å². The van der Waals surface area contributed by atoms with Gasteiger partial charge < -0.3 is 30.3 Å². The van der Waals surface area contributed by atoms with Crippen LogP contribution in [0, 0.1) is 17.7 Å². The van der Waals surface area contributed by atoms with E-state index >= 15 is 4.39 Å². The van der Waals surface area contributed by atoms with Gasteiger partial charge in [0.1, 0.15) is 18.0 Å². The largest absolute Gasteiger partial charge is 0.468 e. The zero-order valence-corrected chi connectivity index (χ0v) is 24.3. The van der Waals surface area contributed by atoms with Gasteiger partial charge >= 0.3 is 12.1 Å². The molecule has 2 fully saturated rings. The van der Waals surface area contributed by atoms with Crippen LogP contribution < -0.4 is 20.9 Å². The smallest absolute Gasteiger partial charge is 0.414 e. The quantitative estimate of drug-likeness (QED) is 0.332. The average Bonchev–Trinajstić information content (AvgIpc) is 3.38. The van der Waals surface area contributed by atoms with Crippen LogP contribution in [0.25, 0.3) is 0 Å². The molecular weight excluding hydrogens is 557 g/mol. The van der Waals surface area contributed by atoms with Crippen LogP contribution in [0.1, 0.15) is 30.9 Å². The predicted molar refractivity (Wildman–Crippen MR) is 158 cm³/mol. The van der Waals surface area contributed by atoms with Crippen LogP contribution in [0.15, 0.2) is 42.5 Å². The van der Waals surface area contributed by atoms with Gasteiger partial charge in [0.15, 0.2) is 0 Å². The maximum atomic E-state index is 15.1. The number of ether oxygens (including phenoxy) is 2. The molecule has 3 amide bonds. The maximum absolute atomic E-state index is 15.1. The summed E-state index contributed by atoms with van der Waals surface area (Å²) in [7, 11) is 1.30. The summed E-state index contributed by atoms with van der Waals surface area (Å²) in [6.07, 6.45) is -0.0222. The van der Waals surface area contributed by atoms with E-state index in [0.29, 0.717) is 50.4 Å². The number of nitrogens with two attached hydrogens (primary N) is 1. The highest BCUT2D eigenvalue weighted by molar-refractivity contribution is 5.90. The fourth-order valence-electron chi connectivity index (χ4n) is 4.92. The van der Waals surface area contributed by atoms with Crippen molar-refractivity contribution in [2.75, 3.05) is 56.2 Å². The molecule has 228 valence electrons. The fourth-order valence-corrected chi connectivity index (χ4v) is 4.92. The molecule has 2 aromatic rings. The third-order valence-electron chi connectivity index (χ3n) is 7.28. The van der Waals surface area contributed by atoms with E-state index in [1.54, 1.807) is 17.0 Å². The summed E-state index contributed by atoms with van der Waals surface area (Å²) in [5, 5.41) is 2.61. The Hall–Kier alpha value is -4.63. The second-order valence-electron chi connectivity index (χ2n) is 10.4. The zero-order valence-electron chi connectivity index (χ0n) is 24.3. The molecule has 0 bridgehead atoms. The lowest BCUT2D eigenvalue weighted by molar-refractivity contribution is -0.142. The topological polar surface area (TPSA) is 135 Å². The number of halogens is 1. The molecule has 43 heavy (non-hydrogen) atoms. The molecule has 2 aliphatic heterocycles. The summed E-state index contributed by atoms with van der Waals surface area (Å²) in [6.45, 7) is 3.67. The monoisotopic (exact) mass is 593 g/mol. The third-order valence-corrected chi connectivity index (χ3v) is 7.28. The summed E-state index contributed by atoms with van der Waals surface area (Å²) in [5.74, 6) is 4.94. The van der Waals surface area contributed by atoms with Gasteiger partial charge in [0.05, 0.1) is 31.6 Å². The van der Waals surface area contributed by atoms with Crippen LogP contribution in [0.2, 0.25) is 0 Å². The van der Waals surface area contributed by atoms with Gasteiger partial charge in [0.25, 0.3) is 0 Å². The molecule has 0 spiro atoms. The molecule has 2 aliphatic rings. The third kappa shape index (κ3) is 8.45. The molecule has 0 aromatic heterocycles. The summed E-state index contributed by atoms with van der Waals surface area (Å²) >= 11 is 0. The number of anilines is 2. The number of benzene rings is 2. The number of nitrogens with zero attached hydrogens (tertiary/aromatic N) is 3. The minimum Gasteiger partial charge on any atom is -0.468 e. The molecule has 4 rings (SSSR count). The first kappa shape index (κ1) is 31.3. The second-order valence-corrected chi connectivity index (χ2v) is 10.4. The number of hydrogen-bond acceptors (Lipinski definition) is 8. The molecule has 2 heterocycles. The molecular formula is C31H36FN5O6. The molecule has 3 N–H and O–H groups in total. The summed E-state index contributed by atoms with van der Waals surface area (Å²) in [6, 6.07) is 11.3. The Morgan fingerprint density at radius 1 is 1.14 bits per heavy atom. The molecule has 2 aromatic carbocycles. The van der Waals surface area contributed by atoms with E-state index in [1.807, 2.05) is 29.2 Å². The Balaban J connectivity index is 1.22. The Morgan fingerprint density at radius 3 is 2.51 bits per heavy atom. The van der Waals surface area contributed by atoms with Crippen LogP contribution in [0.5, 0.6) is 0 Å². The molecule has 2 atom stereocenters. The Bertz CT molecular complexity index is 1400. The Morgan fingerprint density at radius 2 is 1.86 bits per heavy atom. The molecule has 2 saturated heterocycles. The molecule has 0 unspecified atom stereocenters. The maximum Gasteiger partial charge on any atom is 0.414 e. The van der Waals surface area contributed by atoms with E-state index in [9.17, 15) is 19.2 Å². The Labute approximate surface area is 250 Å². The van der Waals surface area contributed by atoms with Gasteiger partial charge in [0.2, 0.25) is 11.8 Å². The van der Waals surface area contributed by atoms with Crippen molar-refractivity contribution >= 4 is 35.3 Å². The van der Waals surface area contributed by atoms with E-state index in [-0.39, 0.29) is 31.3 Å². The van der Waals surface area contributed by atoms with Crippen molar-refractivity contribution in [3.8, 4) is 11.8 Å². The van der Waals surface area contributed by atoms with Gasteiger partial charge in [0, 0.05) is 51.5 Å². The number of carbonyl (C=O) groups excluding carboxylic acids is 4.